The van der Waals surface area contributed by atoms with Crippen LogP contribution in [0.3, 0.4) is 0 Å². The summed E-state index contributed by atoms with van der Waals surface area (Å²) in [6, 6.07) is 4.48. The minimum Gasteiger partial charge on any atom is -0.378 e. The van der Waals surface area contributed by atoms with E-state index < -0.39 is 10.8 Å². The quantitative estimate of drug-likeness (QED) is 0.639. The van der Waals surface area contributed by atoms with Gasteiger partial charge in [0.25, 0.3) is 11.6 Å². The van der Waals surface area contributed by atoms with Crippen LogP contribution in [0.4, 0.5) is 16.5 Å². The van der Waals surface area contributed by atoms with Crippen LogP contribution in [0, 0.1) is 10.1 Å². The van der Waals surface area contributed by atoms with Gasteiger partial charge in [-0.15, -0.1) is 10.2 Å². The van der Waals surface area contributed by atoms with Crippen molar-refractivity contribution >= 4 is 33.8 Å². The van der Waals surface area contributed by atoms with Gasteiger partial charge in [0.1, 0.15) is 10.7 Å². The summed E-state index contributed by atoms with van der Waals surface area (Å²) in [5, 5.41) is 23.1. The molecule has 1 aromatic carbocycles. The molecule has 2 heterocycles. The highest BCUT2D eigenvalue weighted by Gasteiger charge is 2.23. The Balaban J connectivity index is 1.82. The molecular formula is C15H17N5O4S. The molecule has 25 heavy (non-hydrogen) atoms. The molecular weight excluding hydrogens is 346 g/mol. The van der Waals surface area contributed by atoms with Crippen LogP contribution in [0.25, 0.3) is 0 Å². The van der Waals surface area contributed by atoms with E-state index in [1.807, 2.05) is 11.8 Å². The molecule has 1 aromatic heterocycles. The fraction of sp³-hybridized carbons (Fsp3) is 0.400. The fourth-order valence-electron chi connectivity index (χ4n) is 2.50. The van der Waals surface area contributed by atoms with Crippen LogP contribution in [0.5, 0.6) is 0 Å². The first-order valence-corrected chi connectivity index (χ1v) is 8.65. The minimum atomic E-state index is -0.471. The summed E-state index contributed by atoms with van der Waals surface area (Å²) >= 11 is 1.28. The lowest BCUT2D eigenvalue weighted by Gasteiger charge is -2.28. The molecule has 0 unspecified atom stereocenters. The first-order valence-electron chi connectivity index (χ1n) is 7.83. The van der Waals surface area contributed by atoms with Crippen molar-refractivity contribution in [2.45, 2.75) is 13.3 Å². The van der Waals surface area contributed by atoms with Gasteiger partial charge in [-0.05, 0) is 18.6 Å². The summed E-state index contributed by atoms with van der Waals surface area (Å²) in [5.41, 5.74) is 0.604. The lowest BCUT2D eigenvalue weighted by atomic mass is 10.1. The predicted octanol–water partition coefficient (Wildman–Crippen LogP) is 2.10. The van der Waals surface area contributed by atoms with Gasteiger partial charge in [-0.1, -0.05) is 18.3 Å². The highest BCUT2D eigenvalue weighted by atomic mass is 32.1. The van der Waals surface area contributed by atoms with E-state index in [1.165, 1.54) is 17.4 Å². The van der Waals surface area contributed by atoms with E-state index in [-0.39, 0.29) is 11.3 Å². The van der Waals surface area contributed by atoms with Crippen molar-refractivity contribution in [3.8, 4) is 0 Å². The number of carbonyl (C=O) groups excluding carboxylic acids is 1. The molecule has 0 aliphatic carbocycles. The third-order valence-electron chi connectivity index (χ3n) is 3.78. The Hall–Kier alpha value is -2.59. The van der Waals surface area contributed by atoms with Crippen LogP contribution in [-0.2, 0) is 11.2 Å². The van der Waals surface area contributed by atoms with Gasteiger partial charge in [-0.2, -0.15) is 0 Å². The van der Waals surface area contributed by atoms with Crippen molar-refractivity contribution in [1.82, 2.24) is 10.2 Å². The van der Waals surface area contributed by atoms with Crippen LogP contribution in [0.15, 0.2) is 18.2 Å². The number of nitro benzene ring substituents is 1. The van der Waals surface area contributed by atoms with Gasteiger partial charge < -0.3 is 9.64 Å². The molecule has 3 rings (SSSR count). The van der Waals surface area contributed by atoms with Gasteiger partial charge >= 0.3 is 0 Å². The van der Waals surface area contributed by atoms with Gasteiger partial charge in [-0.25, -0.2) is 0 Å². The molecule has 1 N–H and O–H groups in total. The molecule has 132 valence electrons. The third-order valence-corrected chi connectivity index (χ3v) is 4.76. The van der Waals surface area contributed by atoms with Crippen LogP contribution < -0.4 is 10.2 Å². The number of ether oxygens (including phenoxy) is 1. The smallest absolute Gasteiger partial charge is 0.293 e. The Morgan fingerprint density at radius 2 is 2.16 bits per heavy atom. The van der Waals surface area contributed by atoms with Crippen molar-refractivity contribution in [3.05, 3.63) is 38.9 Å². The number of nitro groups is 1. The van der Waals surface area contributed by atoms with Crippen LogP contribution in [0.2, 0.25) is 0 Å². The van der Waals surface area contributed by atoms with E-state index in [4.69, 9.17) is 4.74 Å². The molecule has 0 saturated carbocycles. The monoisotopic (exact) mass is 363 g/mol. The predicted molar refractivity (Wildman–Crippen MR) is 93.4 cm³/mol. The van der Waals surface area contributed by atoms with E-state index in [9.17, 15) is 14.9 Å². The zero-order valence-electron chi connectivity index (χ0n) is 13.6. The summed E-state index contributed by atoms with van der Waals surface area (Å²) < 4.78 is 5.27. The summed E-state index contributed by atoms with van der Waals surface area (Å²) in [5.74, 6) is -0.449. The van der Waals surface area contributed by atoms with Crippen molar-refractivity contribution in [1.29, 1.82) is 0 Å². The van der Waals surface area contributed by atoms with E-state index in [0.717, 1.165) is 11.4 Å². The molecule has 10 heteroatoms. The second-order valence-electron chi connectivity index (χ2n) is 5.37. The molecule has 0 bridgehead atoms. The van der Waals surface area contributed by atoms with Gasteiger partial charge in [0.2, 0.25) is 5.13 Å². The number of nitrogens with one attached hydrogen (secondary N) is 1. The molecule has 0 radical (unpaired) electrons. The average molecular weight is 363 g/mol. The Labute approximate surface area is 147 Å². The number of benzene rings is 1. The number of carbonyl (C=O) groups is 1. The number of amides is 1. The number of aryl methyl sites for hydroxylation is 1. The van der Waals surface area contributed by atoms with Crippen molar-refractivity contribution < 1.29 is 14.5 Å². The molecule has 1 amide bonds. The Bertz CT molecular complexity index is 788. The average Bonchev–Trinajstić information content (AvgIpc) is 3.09. The maximum absolute atomic E-state index is 12.3. The molecule has 1 aliphatic heterocycles. The number of aromatic nitrogens is 2. The second kappa shape index (κ2) is 7.53. The summed E-state index contributed by atoms with van der Waals surface area (Å²) in [7, 11) is 0. The zero-order chi connectivity index (χ0) is 17.8. The first-order chi connectivity index (χ1) is 12.1. The van der Waals surface area contributed by atoms with Crippen molar-refractivity contribution in [2.24, 2.45) is 0 Å². The van der Waals surface area contributed by atoms with Crippen LogP contribution >= 0.6 is 11.3 Å². The lowest BCUT2D eigenvalue weighted by molar-refractivity contribution is -0.384. The Morgan fingerprint density at radius 3 is 2.80 bits per heavy atom. The Kier molecular flexibility index (Phi) is 5.19. The van der Waals surface area contributed by atoms with E-state index >= 15 is 0 Å². The number of hydrogen-bond acceptors (Lipinski definition) is 8. The van der Waals surface area contributed by atoms with E-state index in [2.05, 4.69) is 15.5 Å². The molecule has 1 fully saturated rings. The normalized spacial score (nSPS) is 14.4. The number of morpholine rings is 1. The van der Waals surface area contributed by atoms with E-state index in [1.54, 1.807) is 12.1 Å². The standard InChI is InChI=1S/C15H17N5O4S/c1-2-13-17-18-15(25-13)16-14(21)10-3-4-11(12(9-10)20(22)23)19-5-7-24-8-6-19/h3-4,9H,2,5-8H2,1H3,(H,16,18,21). The maximum atomic E-state index is 12.3. The summed E-state index contributed by atoms with van der Waals surface area (Å²) in [6.45, 7) is 4.15. The van der Waals surface area contributed by atoms with Gasteiger partial charge in [0, 0.05) is 24.7 Å². The highest BCUT2D eigenvalue weighted by Crippen LogP contribution is 2.30. The number of anilines is 2. The molecule has 1 aliphatic rings. The number of rotatable bonds is 5. The Morgan fingerprint density at radius 1 is 1.40 bits per heavy atom. The zero-order valence-corrected chi connectivity index (χ0v) is 14.4. The molecule has 0 atom stereocenters. The SMILES string of the molecule is CCc1nnc(NC(=O)c2ccc(N3CCOCC3)c([N+](=O)[O-])c2)s1. The lowest BCUT2D eigenvalue weighted by Crippen LogP contribution is -2.36. The fourth-order valence-corrected chi connectivity index (χ4v) is 3.17. The van der Waals surface area contributed by atoms with Crippen LogP contribution in [-0.4, -0.2) is 47.3 Å². The first kappa shape index (κ1) is 17.2. The van der Waals surface area contributed by atoms with E-state index in [0.29, 0.717) is 37.1 Å². The van der Waals surface area contributed by atoms with Gasteiger partial charge in [0.15, 0.2) is 0 Å². The summed E-state index contributed by atoms with van der Waals surface area (Å²) in [4.78, 5) is 25.2. The van der Waals surface area contributed by atoms with Gasteiger partial charge in [0.05, 0.1) is 18.1 Å². The van der Waals surface area contributed by atoms with Crippen molar-refractivity contribution in [2.75, 3.05) is 36.5 Å². The van der Waals surface area contributed by atoms with Crippen LogP contribution in [0.1, 0.15) is 22.3 Å². The largest absolute Gasteiger partial charge is 0.378 e. The van der Waals surface area contributed by atoms with Crippen molar-refractivity contribution in [3.63, 3.8) is 0 Å². The third kappa shape index (κ3) is 3.91. The minimum absolute atomic E-state index is 0.0962. The summed E-state index contributed by atoms with van der Waals surface area (Å²) in [6.07, 6.45) is 0.729. The molecule has 9 nitrogen and oxygen atoms in total. The second-order valence-corrected chi connectivity index (χ2v) is 6.43. The molecule has 0 spiro atoms. The number of nitrogens with zero attached hydrogens (tertiary/aromatic N) is 4. The van der Waals surface area contributed by atoms with Gasteiger partial charge in [-0.3, -0.25) is 20.2 Å². The topological polar surface area (TPSA) is 110 Å². The highest BCUT2D eigenvalue weighted by molar-refractivity contribution is 7.15. The number of hydrogen-bond donors (Lipinski definition) is 1. The molecule has 2 aromatic rings. The maximum Gasteiger partial charge on any atom is 0.293 e. The molecule has 1 saturated heterocycles.